The van der Waals surface area contributed by atoms with Crippen molar-refractivity contribution >= 4 is 12.4 Å². The van der Waals surface area contributed by atoms with Crippen molar-refractivity contribution in [3.8, 4) is 0 Å². The van der Waals surface area contributed by atoms with Gasteiger partial charge in [0.15, 0.2) is 0 Å². The number of hydrogen-bond donors (Lipinski definition) is 2. The summed E-state index contributed by atoms with van der Waals surface area (Å²) in [5.74, 6) is 0. The normalized spacial score (nSPS) is 22.0. The average Bonchev–Trinajstić information content (AvgIpc) is 2.09. The molecule has 1 rings (SSSR count). The summed E-state index contributed by atoms with van der Waals surface area (Å²) in [5.41, 5.74) is 1.04. The minimum atomic E-state index is -0.0660. The molecule has 0 aromatic carbocycles. The highest BCUT2D eigenvalue weighted by molar-refractivity contribution is 5.88. The molecule has 1 saturated heterocycles. The summed E-state index contributed by atoms with van der Waals surface area (Å²) in [6.45, 7) is 2.66. The molecule has 0 bridgehead atoms. The minimum absolute atomic E-state index is 0.0660. The highest BCUT2D eigenvalue weighted by Crippen LogP contribution is 2.09. The third-order valence-corrected chi connectivity index (χ3v) is 1.78. The molecule has 0 radical (unpaired) electrons. The smallest absolute Gasteiger partial charge is 0.317 e. The molecular formula is C8H14N3O+. The molecule has 2 amide bonds. The van der Waals surface area contributed by atoms with Gasteiger partial charge in [0.1, 0.15) is 5.70 Å². The number of carbonyl (C=O) groups is 1. The van der Waals surface area contributed by atoms with E-state index in [9.17, 15) is 4.79 Å². The summed E-state index contributed by atoms with van der Waals surface area (Å²) in [5, 5.41) is 2.76. The largest absolute Gasteiger partial charge is 0.413 e. The van der Waals surface area contributed by atoms with Crippen LogP contribution in [0.4, 0.5) is 4.79 Å². The molecule has 1 aliphatic rings. The van der Waals surface area contributed by atoms with Crippen LogP contribution < -0.4 is 10.3 Å². The Morgan fingerprint density at radius 3 is 3.00 bits per heavy atom. The number of nitrogens with zero attached hydrogens (tertiary/aromatic N) is 1. The Hall–Kier alpha value is -1.32. The van der Waals surface area contributed by atoms with Gasteiger partial charge in [-0.25, -0.2) is 4.79 Å². The van der Waals surface area contributed by atoms with E-state index in [1.54, 1.807) is 18.3 Å². The maximum absolute atomic E-state index is 11.3. The molecule has 66 valence electrons. The fourth-order valence-corrected chi connectivity index (χ4v) is 1.19. The van der Waals surface area contributed by atoms with E-state index < -0.39 is 0 Å². The number of amides is 2. The van der Waals surface area contributed by atoms with E-state index in [2.05, 4.69) is 10.3 Å². The van der Waals surface area contributed by atoms with Gasteiger partial charge >= 0.3 is 6.03 Å². The van der Waals surface area contributed by atoms with Crippen LogP contribution in [0.1, 0.15) is 13.3 Å². The topological polar surface area (TPSA) is 46.3 Å². The summed E-state index contributed by atoms with van der Waals surface area (Å²) in [6, 6.07) is -0.0660. The van der Waals surface area contributed by atoms with Crippen molar-refractivity contribution in [2.75, 3.05) is 13.6 Å². The summed E-state index contributed by atoms with van der Waals surface area (Å²) in [6.07, 6.45) is 4.50. The molecule has 4 nitrogen and oxygen atoms in total. The van der Waals surface area contributed by atoms with E-state index in [-0.39, 0.29) is 6.03 Å². The van der Waals surface area contributed by atoms with Crippen LogP contribution in [-0.2, 0) is 0 Å². The van der Waals surface area contributed by atoms with Crippen molar-refractivity contribution in [3.63, 3.8) is 0 Å². The first-order valence-corrected chi connectivity index (χ1v) is 4.02. The predicted molar refractivity (Wildman–Crippen MR) is 46.6 cm³/mol. The van der Waals surface area contributed by atoms with E-state index in [1.807, 2.05) is 13.0 Å². The van der Waals surface area contributed by atoms with E-state index >= 15 is 0 Å². The summed E-state index contributed by atoms with van der Waals surface area (Å²) >= 11 is 0. The number of urea groups is 1. The second kappa shape index (κ2) is 3.90. The van der Waals surface area contributed by atoms with Crippen molar-refractivity contribution in [1.82, 2.24) is 10.2 Å². The lowest BCUT2D eigenvalue weighted by Gasteiger charge is -2.19. The Kier molecular flexibility index (Phi) is 2.85. The molecular weight excluding hydrogens is 154 g/mol. The van der Waals surface area contributed by atoms with Gasteiger partial charge in [-0.15, -0.1) is 0 Å². The Balaban J connectivity index is 2.80. The van der Waals surface area contributed by atoms with Gasteiger partial charge in [0.25, 0.3) is 0 Å². The monoisotopic (exact) mass is 168 g/mol. The first-order chi connectivity index (χ1) is 5.79. The second-order valence-electron chi connectivity index (χ2n) is 2.55. The highest BCUT2D eigenvalue weighted by Gasteiger charge is 2.26. The first-order valence-electron chi connectivity index (χ1n) is 4.02. The van der Waals surface area contributed by atoms with Crippen molar-refractivity contribution < 1.29 is 9.79 Å². The SMILES string of the molecule is C/C=C1/CCNC(=O)N1C=[NH+]C. The van der Waals surface area contributed by atoms with Crippen LogP contribution in [0, 0.1) is 0 Å². The molecule has 0 unspecified atom stereocenters. The fraction of sp³-hybridized carbons (Fsp3) is 0.500. The number of carbonyl (C=O) groups excluding carboxylic acids is 1. The fourth-order valence-electron chi connectivity index (χ4n) is 1.19. The van der Waals surface area contributed by atoms with Crippen LogP contribution in [0.2, 0.25) is 0 Å². The molecule has 1 fully saturated rings. The lowest BCUT2D eigenvalue weighted by Crippen LogP contribution is -2.67. The van der Waals surface area contributed by atoms with Gasteiger partial charge in [0.2, 0.25) is 6.34 Å². The molecule has 0 spiro atoms. The molecule has 12 heavy (non-hydrogen) atoms. The lowest BCUT2D eigenvalue weighted by atomic mass is 10.2. The Morgan fingerprint density at radius 2 is 2.42 bits per heavy atom. The average molecular weight is 168 g/mol. The third kappa shape index (κ3) is 1.64. The predicted octanol–water partition coefficient (Wildman–Crippen LogP) is -0.956. The molecule has 1 heterocycles. The lowest BCUT2D eigenvalue weighted by molar-refractivity contribution is -0.418. The Morgan fingerprint density at radius 1 is 1.67 bits per heavy atom. The number of nitrogens with one attached hydrogen (secondary N) is 2. The van der Waals surface area contributed by atoms with E-state index in [0.717, 1.165) is 18.7 Å². The maximum Gasteiger partial charge on any atom is 0.413 e. The number of allylic oxidation sites excluding steroid dienone is 1. The van der Waals surface area contributed by atoms with Crippen LogP contribution in [0.3, 0.4) is 0 Å². The van der Waals surface area contributed by atoms with Gasteiger partial charge in [0, 0.05) is 13.0 Å². The van der Waals surface area contributed by atoms with Crippen LogP contribution in [0.5, 0.6) is 0 Å². The highest BCUT2D eigenvalue weighted by atomic mass is 16.2. The van der Waals surface area contributed by atoms with Crippen LogP contribution in [0.15, 0.2) is 11.8 Å². The van der Waals surface area contributed by atoms with E-state index in [4.69, 9.17) is 0 Å². The van der Waals surface area contributed by atoms with Crippen molar-refractivity contribution in [3.05, 3.63) is 11.8 Å². The van der Waals surface area contributed by atoms with E-state index in [0.29, 0.717) is 0 Å². The molecule has 2 N–H and O–H groups in total. The zero-order valence-corrected chi connectivity index (χ0v) is 7.42. The summed E-state index contributed by atoms with van der Waals surface area (Å²) < 4.78 is 0. The molecule has 0 atom stereocenters. The first kappa shape index (κ1) is 8.77. The van der Waals surface area contributed by atoms with Crippen LogP contribution >= 0.6 is 0 Å². The van der Waals surface area contributed by atoms with Gasteiger partial charge in [0.05, 0.1) is 7.05 Å². The van der Waals surface area contributed by atoms with Crippen LogP contribution in [0.25, 0.3) is 0 Å². The zero-order chi connectivity index (χ0) is 8.97. The summed E-state index contributed by atoms with van der Waals surface area (Å²) in [7, 11) is 1.77. The van der Waals surface area contributed by atoms with Crippen molar-refractivity contribution in [2.45, 2.75) is 13.3 Å². The van der Waals surface area contributed by atoms with Gasteiger partial charge < -0.3 is 5.32 Å². The van der Waals surface area contributed by atoms with Crippen molar-refractivity contribution in [1.29, 1.82) is 0 Å². The molecule has 0 aromatic heterocycles. The Bertz CT molecular complexity index is 232. The maximum atomic E-state index is 11.3. The van der Waals surface area contributed by atoms with Crippen molar-refractivity contribution in [2.24, 2.45) is 0 Å². The Labute approximate surface area is 72.0 Å². The molecule has 0 saturated carbocycles. The molecule has 0 aromatic rings. The third-order valence-electron chi connectivity index (χ3n) is 1.78. The van der Waals surface area contributed by atoms with Gasteiger partial charge in [-0.2, -0.15) is 4.90 Å². The number of hydrogen-bond acceptors (Lipinski definition) is 1. The van der Waals surface area contributed by atoms with Gasteiger partial charge in [-0.3, -0.25) is 4.99 Å². The molecule has 0 aliphatic carbocycles. The van der Waals surface area contributed by atoms with Gasteiger partial charge in [-0.1, -0.05) is 0 Å². The zero-order valence-electron chi connectivity index (χ0n) is 7.42. The second-order valence-corrected chi connectivity index (χ2v) is 2.55. The number of rotatable bonds is 1. The standard InChI is InChI=1S/C8H13N3O/c1-3-7-4-5-10-8(12)11(7)6-9-2/h3,6H,4-5H2,1-2H3,(H,10,12)/p+1/b7-3-,9-6?. The van der Waals surface area contributed by atoms with Crippen LogP contribution in [-0.4, -0.2) is 30.9 Å². The van der Waals surface area contributed by atoms with Gasteiger partial charge in [-0.05, 0) is 13.0 Å². The quantitative estimate of drug-likeness (QED) is 0.384. The summed E-state index contributed by atoms with van der Waals surface area (Å²) in [4.78, 5) is 15.7. The minimum Gasteiger partial charge on any atom is -0.317 e. The van der Waals surface area contributed by atoms with E-state index in [1.165, 1.54) is 0 Å². The molecule has 4 heteroatoms. The molecule has 1 aliphatic heterocycles.